The Morgan fingerprint density at radius 3 is 2.69 bits per heavy atom. The first-order valence-electron chi connectivity index (χ1n) is 9.20. The largest absolute Gasteiger partial charge is 0.371 e. The fourth-order valence-electron chi connectivity index (χ4n) is 3.38. The Balaban J connectivity index is 1.53. The lowest BCUT2D eigenvalue weighted by Gasteiger charge is -2.24. The molecule has 2 amide bonds. The Morgan fingerprint density at radius 1 is 1.15 bits per heavy atom. The van der Waals surface area contributed by atoms with E-state index in [1.165, 1.54) is 30.7 Å². The van der Waals surface area contributed by atoms with E-state index in [0.29, 0.717) is 19.5 Å². The van der Waals surface area contributed by atoms with Gasteiger partial charge < -0.3 is 15.1 Å². The number of nitrogens with zero attached hydrogens (tertiary/aromatic N) is 2. The molecule has 1 N–H and O–H groups in total. The van der Waals surface area contributed by atoms with E-state index in [1.54, 1.807) is 18.0 Å². The van der Waals surface area contributed by atoms with E-state index in [1.807, 2.05) is 12.1 Å². The van der Waals surface area contributed by atoms with Gasteiger partial charge in [0.2, 0.25) is 0 Å². The minimum Gasteiger partial charge on any atom is -0.371 e. The maximum Gasteiger partial charge on any atom is 0.317 e. The summed E-state index contributed by atoms with van der Waals surface area (Å²) in [6.45, 7) is 3.22. The summed E-state index contributed by atoms with van der Waals surface area (Å²) < 4.78 is 13.2. The summed E-state index contributed by atoms with van der Waals surface area (Å²) in [6.07, 6.45) is 3.07. The highest BCUT2D eigenvalue weighted by Crippen LogP contribution is 2.25. The number of benzene rings is 2. The van der Waals surface area contributed by atoms with Crippen molar-refractivity contribution in [2.75, 3.05) is 31.6 Å². The van der Waals surface area contributed by atoms with Gasteiger partial charge in [-0.1, -0.05) is 30.3 Å². The average Bonchev–Trinajstić information content (AvgIpc) is 3.16. The van der Waals surface area contributed by atoms with Gasteiger partial charge in [-0.05, 0) is 48.6 Å². The van der Waals surface area contributed by atoms with E-state index < -0.39 is 0 Å². The van der Waals surface area contributed by atoms with Crippen molar-refractivity contribution in [1.82, 2.24) is 10.2 Å². The highest BCUT2D eigenvalue weighted by atomic mass is 19.1. The molecule has 0 aromatic heterocycles. The van der Waals surface area contributed by atoms with Crippen LogP contribution in [0.3, 0.4) is 0 Å². The summed E-state index contributed by atoms with van der Waals surface area (Å²) in [4.78, 5) is 16.5. The number of nitrogens with one attached hydrogen (secondary N) is 1. The van der Waals surface area contributed by atoms with Crippen molar-refractivity contribution in [1.29, 1.82) is 0 Å². The van der Waals surface area contributed by atoms with Crippen LogP contribution in [0.5, 0.6) is 0 Å². The average molecular weight is 355 g/mol. The lowest BCUT2D eigenvalue weighted by molar-refractivity contribution is 0.207. The van der Waals surface area contributed by atoms with Crippen LogP contribution >= 0.6 is 0 Å². The van der Waals surface area contributed by atoms with E-state index in [-0.39, 0.29) is 11.8 Å². The maximum absolute atomic E-state index is 13.2. The molecule has 1 aliphatic rings. The van der Waals surface area contributed by atoms with Crippen LogP contribution in [0.25, 0.3) is 0 Å². The van der Waals surface area contributed by atoms with Gasteiger partial charge in [0.15, 0.2) is 0 Å². The summed E-state index contributed by atoms with van der Waals surface area (Å²) in [6, 6.07) is 14.7. The minimum atomic E-state index is -0.246. The molecule has 1 fully saturated rings. The van der Waals surface area contributed by atoms with Gasteiger partial charge in [0.05, 0.1) is 0 Å². The molecule has 0 atom stereocenters. The quantitative estimate of drug-likeness (QED) is 0.855. The number of anilines is 1. The lowest BCUT2D eigenvalue weighted by Crippen LogP contribution is -2.38. The molecule has 26 heavy (non-hydrogen) atoms. The molecule has 0 aliphatic carbocycles. The second-order valence-corrected chi connectivity index (χ2v) is 6.79. The van der Waals surface area contributed by atoms with E-state index >= 15 is 0 Å². The Kier molecular flexibility index (Phi) is 6.10. The van der Waals surface area contributed by atoms with E-state index in [0.717, 1.165) is 24.2 Å². The zero-order valence-electron chi connectivity index (χ0n) is 15.2. The minimum absolute atomic E-state index is 0.113. The van der Waals surface area contributed by atoms with Crippen molar-refractivity contribution in [3.05, 3.63) is 65.5 Å². The molecule has 5 heteroatoms. The summed E-state index contributed by atoms with van der Waals surface area (Å²) in [5.74, 6) is -0.246. The van der Waals surface area contributed by atoms with Crippen LogP contribution in [-0.4, -0.2) is 37.6 Å². The number of carbonyl (C=O) groups excluding carboxylic acids is 1. The molecule has 0 saturated carbocycles. The molecular weight excluding hydrogens is 329 g/mol. The van der Waals surface area contributed by atoms with Gasteiger partial charge >= 0.3 is 6.03 Å². The Morgan fingerprint density at radius 2 is 1.92 bits per heavy atom. The molecule has 3 rings (SSSR count). The molecule has 138 valence electrons. The van der Waals surface area contributed by atoms with Crippen molar-refractivity contribution in [3.63, 3.8) is 0 Å². The van der Waals surface area contributed by atoms with Gasteiger partial charge in [-0.2, -0.15) is 0 Å². The molecule has 2 aromatic rings. The van der Waals surface area contributed by atoms with E-state index in [4.69, 9.17) is 0 Å². The first-order valence-corrected chi connectivity index (χ1v) is 9.20. The molecule has 2 aromatic carbocycles. The van der Waals surface area contributed by atoms with Crippen LogP contribution in [0.2, 0.25) is 0 Å². The zero-order chi connectivity index (χ0) is 18.4. The van der Waals surface area contributed by atoms with Gasteiger partial charge in [-0.25, -0.2) is 9.18 Å². The highest BCUT2D eigenvalue weighted by Gasteiger charge is 2.17. The third-order valence-corrected chi connectivity index (χ3v) is 4.77. The van der Waals surface area contributed by atoms with Crippen LogP contribution in [-0.2, 0) is 13.0 Å². The fourth-order valence-corrected chi connectivity index (χ4v) is 3.38. The Labute approximate surface area is 154 Å². The van der Waals surface area contributed by atoms with Crippen LogP contribution in [0.4, 0.5) is 14.9 Å². The molecule has 1 saturated heterocycles. The summed E-state index contributed by atoms with van der Waals surface area (Å²) in [5, 5.41) is 2.91. The number of amides is 2. The predicted octanol–water partition coefficient (Wildman–Crippen LogP) is 3.81. The number of urea groups is 1. The van der Waals surface area contributed by atoms with Gasteiger partial charge in [0.1, 0.15) is 5.82 Å². The maximum atomic E-state index is 13.2. The van der Waals surface area contributed by atoms with Gasteiger partial charge in [0.25, 0.3) is 0 Å². The monoisotopic (exact) mass is 355 g/mol. The number of carbonyl (C=O) groups is 1. The van der Waals surface area contributed by atoms with Gasteiger partial charge in [-0.3, -0.25) is 0 Å². The number of hydrogen-bond acceptors (Lipinski definition) is 2. The smallest absolute Gasteiger partial charge is 0.317 e. The van der Waals surface area contributed by atoms with Crippen molar-refractivity contribution in [2.24, 2.45) is 0 Å². The van der Waals surface area contributed by atoms with E-state index in [2.05, 4.69) is 28.4 Å². The molecule has 1 heterocycles. The van der Waals surface area contributed by atoms with Gasteiger partial charge in [0, 0.05) is 38.9 Å². The number of rotatable bonds is 6. The third kappa shape index (κ3) is 4.75. The molecule has 0 spiro atoms. The molecule has 0 radical (unpaired) electrons. The molecule has 1 aliphatic heterocycles. The third-order valence-electron chi connectivity index (χ3n) is 4.77. The second kappa shape index (κ2) is 8.70. The lowest BCUT2D eigenvalue weighted by atomic mass is 10.1. The van der Waals surface area contributed by atoms with Crippen LogP contribution in [0, 0.1) is 5.82 Å². The van der Waals surface area contributed by atoms with Crippen LogP contribution < -0.4 is 10.2 Å². The Hall–Kier alpha value is -2.56. The predicted molar refractivity (Wildman–Crippen MR) is 103 cm³/mol. The summed E-state index contributed by atoms with van der Waals surface area (Å²) in [5.41, 5.74) is 3.27. The normalized spacial score (nSPS) is 13.7. The number of para-hydroxylation sites is 1. The molecular formula is C21H26FN3O. The zero-order valence-corrected chi connectivity index (χ0v) is 15.2. The summed E-state index contributed by atoms with van der Waals surface area (Å²) in [7, 11) is 1.80. The summed E-state index contributed by atoms with van der Waals surface area (Å²) >= 11 is 0. The molecule has 0 bridgehead atoms. The standard InChI is InChI=1S/C21H26FN3O/c1-24(21(26)23-12-11-17-7-6-9-19(22)15-17)16-18-8-2-3-10-20(18)25-13-4-5-14-25/h2-3,6-10,15H,4-5,11-14,16H2,1H3,(H,23,26). The first kappa shape index (κ1) is 18.2. The topological polar surface area (TPSA) is 35.6 Å². The Bertz CT molecular complexity index is 744. The first-order chi connectivity index (χ1) is 12.6. The van der Waals surface area contributed by atoms with Crippen LogP contribution in [0.1, 0.15) is 24.0 Å². The van der Waals surface area contributed by atoms with Crippen molar-refractivity contribution < 1.29 is 9.18 Å². The van der Waals surface area contributed by atoms with Crippen molar-refractivity contribution >= 4 is 11.7 Å². The second-order valence-electron chi connectivity index (χ2n) is 6.79. The van der Waals surface area contributed by atoms with Crippen molar-refractivity contribution in [3.8, 4) is 0 Å². The molecule has 4 nitrogen and oxygen atoms in total. The fraction of sp³-hybridized carbons (Fsp3) is 0.381. The SMILES string of the molecule is CN(Cc1ccccc1N1CCCC1)C(=O)NCCc1cccc(F)c1. The highest BCUT2D eigenvalue weighted by molar-refractivity contribution is 5.74. The number of halogens is 1. The number of hydrogen-bond donors (Lipinski definition) is 1. The molecule has 0 unspecified atom stereocenters. The van der Waals surface area contributed by atoms with Crippen LogP contribution in [0.15, 0.2) is 48.5 Å². The van der Waals surface area contributed by atoms with E-state index in [9.17, 15) is 9.18 Å². The van der Waals surface area contributed by atoms with Gasteiger partial charge in [-0.15, -0.1) is 0 Å². The van der Waals surface area contributed by atoms with Crippen molar-refractivity contribution in [2.45, 2.75) is 25.8 Å².